The maximum absolute atomic E-state index is 12.9. The van der Waals surface area contributed by atoms with Crippen molar-refractivity contribution in [2.75, 3.05) is 5.32 Å². The molecule has 3 N–H and O–H groups in total. The summed E-state index contributed by atoms with van der Waals surface area (Å²) >= 11 is 0. The van der Waals surface area contributed by atoms with Crippen LogP contribution in [0.5, 0.6) is 5.75 Å². The van der Waals surface area contributed by atoms with Crippen LogP contribution in [-0.4, -0.2) is 22.1 Å². The summed E-state index contributed by atoms with van der Waals surface area (Å²) in [5.74, 6) is -4.67. The van der Waals surface area contributed by atoms with Crippen molar-refractivity contribution < 1.29 is 24.2 Å². The number of carbonyl (C=O) groups excluding carboxylic acids is 1. The predicted molar refractivity (Wildman–Crippen MR) is 53.5 cm³/mol. The number of phenolic OH excluding ortho intramolecular Hbond substituents is 1. The first kappa shape index (κ1) is 12.0. The summed E-state index contributed by atoms with van der Waals surface area (Å²) in [5, 5.41) is 19.7. The van der Waals surface area contributed by atoms with Crippen molar-refractivity contribution >= 4 is 17.6 Å². The zero-order valence-corrected chi connectivity index (χ0v) is 8.40. The molecular formula is C10H10FNO4. The standard InChI is InChI=1S/C10H10FNO4/c1-5(10(15)16)9(14)12-6-2-3-8(13)7(11)4-6/h2-5,13H,1H3,(H,12,14)(H,15,16). The van der Waals surface area contributed by atoms with Gasteiger partial charge in [-0.1, -0.05) is 0 Å². The molecule has 0 saturated carbocycles. The van der Waals surface area contributed by atoms with Gasteiger partial charge in [-0.3, -0.25) is 9.59 Å². The Morgan fingerprint density at radius 3 is 2.56 bits per heavy atom. The van der Waals surface area contributed by atoms with Crippen LogP contribution in [0.25, 0.3) is 0 Å². The fourth-order valence-electron chi connectivity index (χ4n) is 0.947. The van der Waals surface area contributed by atoms with Gasteiger partial charge in [-0.15, -0.1) is 0 Å². The number of rotatable bonds is 3. The third kappa shape index (κ3) is 2.69. The van der Waals surface area contributed by atoms with Gasteiger partial charge in [0.2, 0.25) is 5.91 Å². The Morgan fingerprint density at radius 1 is 1.44 bits per heavy atom. The molecule has 0 bridgehead atoms. The number of phenols is 1. The molecule has 0 aliphatic rings. The average molecular weight is 227 g/mol. The molecule has 1 amide bonds. The lowest BCUT2D eigenvalue weighted by Gasteiger charge is -2.08. The van der Waals surface area contributed by atoms with Gasteiger partial charge in [0.05, 0.1) is 0 Å². The van der Waals surface area contributed by atoms with Crippen molar-refractivity contribution in [1.29, 1.82) is 0 Å². The lowest BCUT2D eigenvalue weighted by Crippen LogP contribution is -2.26. The van der Waals surface area contributed by atoms with E-state index in [9.17, 15) is 14.0 Å². The van der Waals surface area contributed by atoms with Gasteiger partial charge >= 0.3 is 5.97 Å². The van der Waals surface area contributed by atoms with Crippen molar-refractivity contribution in [1.82, 2.24) is 0 Å². The number of carbonyl (C=O) groups is 2. The summed E-state index contributed by atoms with van der Waals surface area (Å²) in [6, 6.07) is 3.24. The van der Waals surface area contributed by atoms with Crippen LogP contribution in [-0.2, 0) is 9.59 Å². The Bertz CT molecular complexity index is 433. The van der Waals surface area contributed by atoms with Crippen LogP contribution >= 0.6 is 0 Å². The highest BCUT2D eigenvalue weighted by atomic mass is 19.1. The first-order valence-corrected chi connectivity index (χ1v) is 4.44. The van der Waals surface area contributed by atoms with Crippen LogP contribution in [0, 0.1) is 11.7 Å². The van der Waals surface area contributed by atoms with E-state index in [1.807, 2.05) is 0 Å². The van der Waals surface area contributed by atoms with Gasteiger partial charge in [0.1, 0.15) is 5.92 Å². The molecule has 1 rings (SSSR count). The van der Waals surface area contributed by atoms with E-state index < -0.39 is 29.4 Å². The molecule has 16 heavy (non-hydrogen) atoms. The summed E-state index contributed by atoms with van der Waals surface area (Å²) < 4.78 is 12.9. The van der Waals surface area contributed by atoms with Gasteiger partial charge in [-0.25, -0.2) is 4.39 Å². The number of benzene rings is 1. The number of amides is 1. The Morgan fingerprint density at radius 2 is 2.06 bits per heavy atom. The smallest absolute Gasteiger partial charge is 0.315 e. The van der Waals surface area contributed by atoms with Crippen molar-refractivity contribution in [3.63, 3.8) is 0 Å². The molecule has 1 unspecified atom stereocenters. The monoisotopic (exact) mass is 227 g/mol. The number of carboxylic acid groups (broad SMARTS) is 1. The summed E-state index contributed by atoms with van der Waals surface area (Å²) in [6.45, 7) is 1.22. The fraction of sp³-hybridized carbons (Fsp3) is 0.200. The summed E-state index contributed by atoms with van der Waals surface area (Å²) in [7, 11) is 0. The molecule has 0 heterocycles. The van der Waals surface area contributed by atoms with Crippen molar-refractivity contribution in [2.24, 2.45) is 5.92 Å². The highest BCUT2D eigenvalue weighted by Gasteiger charge is 2.20. The molecule has 5 nitrogen and oxygen atoms in total. The van der Waals surface area contributed by atoms with Crippen molar-refractivity contribution in [3.05, 3.63) is 24.0 Å². The molecular weight excluding hydrogens is 217 g/mol. The molecule has 0 aromatic heterocycles. The second-order valence-electron chi connectivity index (χ2n) is 3.22. The number of aromatic hydroxyl groups is 1. The lowest BCUT2D eigenvalue weighted by molar-refractivity contribution is -0.144. The number of hydrogen-bond acceptors (Lipinski definition) is 3. The fourth-order valence-corrected chi connectivity index (χ4v) is 0.947. The molecule has 0 fully saturated rings. The predicted octanol–water partition coefficient (Wildman–Crippen LogP) is 1.19. The van der Waals surface area contributed by atoms with Gasteiger partial charge in [0.25, 0.3) is 0 Å². The maximum atomic E-state index is 12.9. The third-order valence-electron chi connectivity index (χ3n) is 1.98. The van der Waals surface area contributed by atoms with Crippen LogP contribution in [0.2, 0.25) is 0 Å². The Kier molecular flexibility index (Phi) is 3.44. The zero-order chi connectivity index (χ0) is 12.3. The van der Waals surface area contributed by atoms with E-state index in [1.54, 1.807) is 0 Å². The molecule has 0 saturated heterocycles. The number of halogens is 1. The minimum atomic E-state index is -1.27. The van der Waals surface area contributed by atoms with Crippen LogP contribution in [0.15, 0.2) is 18.2 Å². The normalized spacial score (nSPS) is 11.9. The molecule has 0 aliphatic heterocycles. The van der Waals surface area contributed by atoms with Gasteiger partial charge in [0, 0.05) is 11.8 Å². The van der Waals surface area contributed by atoms with E-state index in [1.165, 1.54) is 13.0 Å². The quantitative estimate of drug-likeness (QED) is 0.534. The van der Waals surface area contributed by atoms with Crippen LogP contribution in [0.3, 0.4) is 0 Å². The molecule has 0 spiro atoms. The van der Waals surface area contributed by atoms with Crippen molar-refractivity contribution in [2.45, 2.75) is 6.92 Å². The summed E-state index contributed by atoms with van der Waals surface area (Å²) in [5.41, 5.74) is 0.0911. The Hall–Kier alpha value is -2.11. The molecule has 1 aromatic rings. The molecule has 1 atom stereocenters. The number of anilines is 1. The number of aliphatic carboxylic acids is 1. The third-order valence-corrected chi connectivity index (χ3v) is 1.98. The van der Waals surface area contributed by atoms with E-state index in [4.69, 9.17) is 10.2 Å². The summed E-state index contributed by atoms with van der Waals surface area (Å²) in [6.07, 6.45) is 0. The topological polar surface area (TPSA) is 86.6 Å². The average Bonchev–Trinajstić information content (AvgIpc) is 2.22. The van der Waals surface area contributed by atoms with Crippen molar-refractivity contribution in [3.8, 4) is 5.75 Å². The molecule has 86 valence electrons. The van der Waals surface area contributed by atoms with E-state index in [0.29, 0.717) is 0 Å². The Balaban J connectivity index is 2.77. The molecule has 6 heteroatoms. The van der Waals surface area contributed by atoms with Crippen LogP contribution in [0.4, 0.5) is 10.1 Å². The minimum absolute atomic E-state index is 0.0911. The van der Waals surface area contributed by atoms with E-state index >= 15 is 0 Å². The summed E-state index contributed by atoms with van der Waals surface area (Å²) in [4.78, 5) is 21.8. The second kappa shape index (κ2) is 4.61. The van der Waals surface area contributed by atoms with E-state index in [-0.39, 0.29) is 5.69 Å². The number of hydrogen-bond donors (Lipinski definition) is 3. The maximum Gasteiger partial charge on any atom is 0.315 e. The highest BCUT2D eigenvalue weighted by Crippen LogP contribution is 2.19. The zero-order valence-electron chi connectivity index (χ0n) is 8.40. The second-order valence-corrected chi connectivity index (χ2v) is 3.22. The van der Waals surface area contributed by atoms with Gasteiger partial charge < -0.3 is 15.5 Å². The molecule has 1 aromatic carbocycles. The minimum Gasteiger partial charge on any atom is -0.505 e. The van der Waals surface area contributed by atoms with Crippen LogP contribution in [0.1, 0.15) is 6.92 Å². The lowest BCUT2D eigenvalue weighted by atomic mass is 10.1. The number of carboxylic acids is 1. The molecule has 0 aliphatic carbocycles. The van der Waals surface area contributed by atoms with E-state index in [0.717, 1.165) is 12.1 Å². The van der Waals surface area contributed by atoms with Gasteiger partial charge in [0.15, 0.2) is 11.6 Å². The van der Waals surface area contributed by atoms with Crippen LogP contribution < -0.4 is 5.32 Å². The van der Waals surface area contributed by atoms with Gasteiger partial charge in [-0.05, 0) is 19.1 Å². The molecule has 0 radical (unpaired) electrons. The number of nitrogens with one attached hydrogen (secondary N) is 1. The van der Waals surface area contributed by atoms with E-state index in [2.05, 4.69) is 5.32 Å². The highest BCUT2D eigenvalue weighted by molar-refractivity contribution is 6.03. The SMILES string of the molecule is CC(C(=O)O)C(=O)Nc1ccc(O)c(F)c1. The first-order chi connectivity index (χ1) is 7.41. The van der Waals surface area contributed by atoms with Gasteiger partial charge in [-0.2, -0.15) is 0 Å². The largest absolute Gasteiger partial charge is 0.505 e. The Labute approximate surface area is 90.5 Å². The first-order valence-electron chi connectivity index (χ1n) is 4.44.